The minimum absolute atomic E-state index is 0.0336. The summed E-state index contributed by atoms with van der Waals surface area (Å²) in [5.41, 5.74) is 0. The number of carbonyl (C=O) groups excluding carboxylic acids is 1. The summed E-state index contributed by atoms with van der Waals surface area (Å²) < 4.78 is 5.65. The van der Waals surface area contributed by atoms with E-state index in [-0.39, 0.29) is 18.0 Å². The van der Waals surface area contributed by atoms with Crippen LogP contribution in [-0.4, -0.2) is 12.1 Å². The summed E-state index contributed by atoms with van der Waals surface area (Å²) in [5, 5.41) is 0. The molecule has 0 heterocycles. The third-order valence-corrected chi connectivity index (χ3v) is 4.39. The molecule has 1 atom stereocenters. The maximum absolute atomic E-state index is 12.4. The summed E-state index contributed by atoms with van der Waals surface area (Å²) in [6.07, 6.45) is 11.9. The number of carbonyl (C=O) groups is 1. The molecule has 21 heavy (non-hydrogen) atoms. The topological polar surface area (TPSA) is 26.3 Å². The highest BCUT2D eigenvalue weighted by Crippen LogP contribution is 2.21. The molecule has 0 aliphatic heterocycles. The van der Waals surface area contributed by atoms with Gasteiger partial charge in [0.05, 0.1) is 5.92 Å². The van der Waals surface area contributed by atoms with Crippen molar-refractivity contribution in [1.29, 1.82) is 0 Å². The molecule has 2 heteroatoms. The van der Waals surface area contributed by atoms with Crippen molar-refractivity contribution in [2.24, 2.45) is 11.8 Å². The van der Waals surface area contributed by atoms with E-state index in [2.05, 4.69) is 27.7 Å². The maximum Gasteiger partial charge on any atom is 0.309 e. The second kappa shape index (κ2) is 13.2. The van der Waals surface area contributed by atoms with E-state index in [1.165, 1.54) is 38.5 Å². The van der Waals surface area contributed by atoms with Crippen molar-refractivity contribution in [2.75, 3.05) is 0 Å². The van der Waals surface area contributed by atoms with E-state index in [4.69, 9.17) is 4.74 Å². The summed E-state index contributed by atoms with van der Waals surface area (Å²) in [7, 11) is 0. The van der Waals surface area contributed by atoms with Gasteiger partial charge in [0.1, 0.15) is 6.10 Å². The molecular formula is C19H38O2. The molecule has 0 aromatic heterocycles. The lowest BCUT2D eigenvalue weighted by molar-refractivity contribution is -0.155. The first-order valence-corrected chi connectivity index (χ1v) is 9.23. The van der Waals surface area contributed by atoms with Gasteiger partial charge in [0.15, 0.2) is 0 Å². The Hall–Kier alpha value is -0.530. The summed E-state index contributed by atoms with van der Waals surface area (Å²) in [5.74, 6) is 0.568. The summed E-state index contributed by atoms with van der Waals surface area (Å²) in [4.78, 5) is 12.4. The summed E-state index contributed by atoms with van der Waals surface area (Å²) in [6, 6.07) is 0. The van der Waals surface area contributed by atoms with E-state index < -0.39 is 0 Å². The summed E-state index contributed by atoms with van der Waals surface area (Å²) >= 11 is 0. The fourth-order valence-electron chi connectivity index (χ4n) is 2.43. The van der Waals surface area contributed by atoms with Crippen LogP contribution in [0.4, 0.5) is 0 Å². The molecule has 0 radical (unpaired) electrons. The van der Waals surface area contributed by atoms with Crippen molar-refractivity contribution in [3.05, 3.63) is 0 Å². The third kappa shape index (κ3) is 10.8. The van der Waals surface area contributed by atoms with Gasteiger partial charge in [-0.2, -0.15) is 0 Å². The molecule has 0 unspecified atom stereocenters. The molecular weight excluding hydrogens is 260 g/mol. The SMILES string of the molecule is CCCCCCC(CCCCCC)C(=O)O[C@@H](C)C(C)C. The molecule has 0 rings (SSSR count). The molecule has 0 N–H and O–H groups in total. The van der Waals surface area contributed by atoms with Gasteiger partial charge in [-0.15, -0.1) is 0 Å². The predicted octanol–water partition coefficient (Wildman–Crippen LogP) is 6.13. The quantitative estimate of drug-likeness (QED) is 0.302. The molecule has 0 fully saturated rings. The van der Waals surface area contributed by atoms with Gasteiger partial charge >= 0.3 is 5.97 Å². The number of ether oxygens (including phenoxy) is 1. The highest BCUT2D eigenvalue weighted by atomic mass is 16.5. The second-order valence-electron chi connectivity index (χ2n) is 6.78. The van der Waals surface area contributed by atoms with Gasteiger partial charge in [0.25, 0.3) is 0 Å². The van der Waals surface area contributed by atoms with Crippen LogP contribution >= 0.6 is 0 Å². The fourth-order valence-corrected chi connectivity index (χ4v) is 2.43. The lowest BCUT2D eigenvalue weighted by Crippen LogP contribution is -2.26. The Bertz CT molecular complexity index is 236. The van der Waals surface area contributed by atoms with E-state index in [0.29, 0.717) is 5.92 Å². The Balaban J connectivity index is 4.23. The minimum Gasteiger partial charge on any atom is -0.462 e. The molecule has 0 aliphatic rings. The zero-order valence-corrected chi connectivity index (χ0v) is 15.1. The smallest absolute Gasteiger partial charge is 0.309 e. The van der Waals surface area contributed by atoms with Gasteiger partial charge in [-0.1, -0.05) is 79.1 Å². The van der Waals surface area contributed by atoms with Gasteiger partial charge in [-0.3, -0.25) is 4.79 Å². The van der Waals surface area contributed by atoms with Crippen molar-refractivity contribution in [2.45, 2.75) is 105 Å². The van der Waals surface area contributed by atoms with E-state index in [0.717, 1.165) is 25.7 Å². The Kier molecular flexibility index (Phi) is 12.8. The number of esters is 1. The number of hydrogen-bond acceptors (Lipinski definition) is 2. The summed E-state index contributed by atoms with van der Waals surface area (Å²) in [6.45, 7) is 10.7. The Morgan fingerprint density at radius 1 is 0.810 bits per heavy atom. The first-order valence-electron chi connectivity index (χ1n) is 9.23. The van der Waals surface area contributed by atoms with Crippen molar-refractivity contribution in [3.8, 4) is 0 Å². The Morgan fingerprint density at radius 3 is 1.67 bits per heavy atom. The van der Waals surface area contributed by atoms with E-state index in [9.17, 15) is 4.79 Å². The van der Waals surface area contributed by atoms with Crippen LogP contribution in [0, 0.1) is 11.8 Å². The van der Waals surface area contributed by atoms with E-state index in [1.807, 2.05) is 6.92 Å². The van der Waals surface area contributed by atoms with Crippen LogP contribution in [0.2, 0.25) is 0 Å². The predicted molar refractivity (Wildman–Crippen MR) is 91.4 cm³/mol. The zero-order chi connectivity index (χ0) is 16.1. The van der Waals surface area contributed by atoms with Gasteiger partial charge in [0, 0.05) is 0 Å². The van der Waals surface area contributed by atoms with Crippen LogP contribution in [0.1, 0.15) is 98.8 Å². The first-order chi connectivity index (χ1) is 10.0. The molecule has 0 saturated heterocycles. The van der Waals surface area contributed by atoms with Crippen LogP contribution in [0.3, 0.4) is 0 Å². The van der Waals surface area contributed by atoms with Crippen LogP contribution < -0.4 is 0 Å². The highest BCUT2D eigenvalue weighted by molar-refractivity contribution is 5.72. The third-order valence-electron chi connectivity index (χ3n) is 4.39. The molecule has 0 amide bonds. The Labute approximate surface area is 133 Å². The number of unbranched alkanes of at least 4 members (excludes halogenated alkanes) is 6. The van der Waals surface area contributed by atoms with E-state index >= 15 is 0 Å². The molecule has 0 aromatic rings. The molecule has 0 aliphatic carbocycles. The first kappa shape index (κ1) is 20.5. The molecule has 0 saturated carbocycles. The van der Waals surface area contributed by atoms with Crippen LogP contribution in [0.5, 0.6) is 0 Å². The van der Waals surface area contributed by atoms with Crippen molar-refractivity contribution >= 4 is 5.97 Å². The lowest BCUT2D eigenvalue weighted by Gasteiger charge is -2.21. The van der Waals surface area contributed by atoms with Gasteiger partial charge in [-0.25, -0.2) is 0 Å². The van der Waals surface area contributed by atoms with Gasteiger partial charge in [0.2, 0.25) is 0 Å². The van der Waals surface area contributed by atoms with Crippen molar-refractivity contribution < 1.29 is 9.53 Å². The zero-order valence-electron chi connectivity index (χ0n) is 15.1. The van der Waals surface area contributed by atoms with Gasteiger partial charge in [-0.05, 0) is 25.7 Å². The largest absolute Gasteiger partial charge is 0.462 e. The van der Waals surface area contributed by atoms with Crippen LogP contribution in [-0.2, 0) is 9.53 Å². The number of rotatable bonds is 13. The fraction of sp³-hybridized carbons (Fsp3) is 0.947. The molecule has 2 nitrogen and oxygen atoms in total. The minimum atomic E-state index is 0.0336. The second-order valence-corrected chi connectivity index (χ2v) is 6.78. The molecule has 0 bridgehead atoms. The molecule has 0 spiro atoms. The molecule has 0 aromatic carbocycles. The normalized spacial score (nSPS) is 12.9. The number of hydrogen-bond donors (Lipinski definition) is 0. The highest BCUT2D eigenvalue weighted by Gasteiger charge is 2.22. The van der Waals surface area contributed by atoms with Crippen molar-refractivity contribution in [1.82, 2.24) is 0 Å². The van der Waals surface area contributed by atoms with Crippen LogP contribution in [0.15, 0.2) is 0 Å². The average molecular weight is 299 g/mol. The molecule has 126 valence electrons. The maximum atomic E-state index is 12.4. The van der Waals surface area contributed by atoms with E-state index in [1.54, 1.807) is 0 Å². The standard InChI is InChI=1S/C19H38O2/c1-6-8-10-12-14-18(15-13-11-9-7-2)19(20)21-17(5)16(3)4/h16-18H,6-15H2,1-5H3/t17-/m0/s1. The lowest BCUT2D eigenvalue weighted by atomic mass is 9.94. The monoisotopic (exact) mass is 298 g/mol. The average Bonchev–Trinajstić information content (AvgIpc) is 2.45. The van der Waals surface area contributed by atoms with Crippen molar-refractivity contribution in [3.63, 3.8) is 0 Å². The Morgan fingerprint density at radius 2 is 1.29 bits per heavy atom. The van der Waals surface area contributed by atoms with Crippen LogP contribution in [0.25, 0.3) is 0 Å². The van der Waals surface area contributed by atoms with Gasteiger partial charge < -0.3 is 4.74 Å².